The Bertz CT molecular complexity index is 942. The lowest BCUT2D eigenvalue weighted by molar-refractivity contribution is -0.120. The molecule has 0 aliphatic heterocycles. The summed E-state index contributed by atoms with van der Waals surface area (Å²) in [6.45, 7) is 8.51. The number of amides is 1. The Balaban J connectivity index is 2.27. The lowest BCUT2D eigenvalue weighted by Crippen LogP contribution is -2.44. The highest BCUT2D eigenvalue weighted by molar-refractivity contribution is 6.09. The van der Waals surface area contributed by atoms with Crippen LogP contribution >= 0.6 is 0 Å². The standard InChI is InChI=1S/C19H25N5O/c1-5-10-24-15(11-19(3,4)22-12(2)25)16-13-8-6-7-9-14(13)21-18(20)17(16)23-24/h6-9H,5,10-11H2,1-4H3,(H2,20,21)(H,22,25). The van der Waals surface area contributed by atoms with Gasteiger partial charge in [0.1, 0.15) is 5.52 Å². The summed E-state index contributed by atoms with van der Waals surface area (Å²) in [5.41, 5.74) is 8.49. The summed E-state index contributed by atoms with van der Waals surface area (Å²) >= 11 is 0. The average molecular weight is 339 g/mol. The second-order valence-corrected chi connectivity index (χ2v) is 7.15. The van der Waals surface area contributed by atoms with Gasteiger partial charge in [0.05, 0.1) is 5.52 Å². The molecule has 6 heteroatoms. The molecule has 0 aliphatic rings. The molecule has 2 aromatic heterocycles. The maximum absolute atomic E-state index is 11.6. The van der Waals surface area contributed by atoms with E-state index in [4.69, 9.17) is 10.8 Å². The summed E-state index contributed by atoms with van der Waals surface area (Å²) in [5.74, 6) is 0.407. The lowest BCUT2D eigenvalue weighted by atomic mass is 9.95. The van der Waals surface area contributed by atoms with E-state index in [1.54, 1.807) is 6.92 Å². The van der Waals surface area contributed by atoms with Gasteiger partial charge in [-0.25, -0.2) is 4.98 Å². The average Bonchev–Trinajstić information content (AvgIpc) is 2.85. The Hall–Kier alpha value is -2.63. The third-order valence-corrected chi connectivity index (χ3v) is 4.27. The van der Waals surface area contributed by atoms with E-state index in [1.165, 1.54) is 0 Å². The van der Waals surface area contributed by atoms with Crippen LogP contribution in [0.2, 0.25) is 0 Å². The van der Waals surface area contributed by atoms with Crippen molar-refractivity contribution in [3.8, 4) is 0 Å². The smallest absolute Gasteiger partial charge is 0.217 e. The van der Waals surface area contributed by atoms with Crippen LogP contribution in [-0.2, 0) is 17.8 Å². The molecule has 3 N–H and O–H groups in total. The topological polar surface area (TPSA) is 85.8 Å². The molecule has 0 atom stereocenters. The Kier molecular flexibility index (Phi) is 4.37. The number of aryl methyl sites for hydroxylation is 1. The molecule has 6 nitrogen and oxygen atoms in total. The number of rotatable bonds is 5. The molecule has 25 heavy (non-hydrogen) atoms. The highest BCUT2D eigenvalue weighted by Crippen LogP contribution is 2.32. The zero-order valence-corrected chi connectivity index (χ0v) is 15.3. The SMILES string of the molecule is CCCn1nc2c(N)nc3ccccc3c2c1CC(C)(C)NC(C)=O. The number of carbonyl (C=O) groups is 1. The number of nitrogens with one attached hydrogen (secondary N) is 1. The summed E-state index contributed by atoms with van der Waals surface area (Å²) in [5, 5.41) is 9.84. The van der Waals surface area contributed by atoms with Crippen LogP contribution in [0.1, 0.15) is 39.8 Å². The normalized spacial score (nSPS) is 12.0. The largest absolute Gasteiger partial charge is 0.382 e. The van der Waals surface area contributed by atoms with Gasteiger partial charge in [0.15, 0.2) is 5.82 Å². The minimum Gasteiger partial charge on any atom is -0.382 e. The summed E-state index contributed by atoms with van der Waals surface area (Å²) in [4.78, 5) is 16.1. The summed E-state index contributed by atoms with van der Waals surface area (Å²) in [7, 11) is 0. The minimum absolute atomic E-state index is 0.0399. The number of fused-ring (bicyclic) bond motifs is 3. The van der Waals surface area contributed by atoms with Crippen LogP contribution < -0.4 is 11.1 Å². The first-order valence-electron chi connectivity index (χ1n) is 8.65. The van der Waals surface area contributed by atoms with Gasteiger partial charge >= 0.3 is 0 Å². The fourth-order valence-corrected chi connectivity index (χ4v) is 3.44. The summed E-state index contributed by atoms with van der Waals surface area (Å²) in [6.07, 6.45) is 1.63. The first kappa shape index (κ1) is 17.2. The second-order valence-electron chi connectivity index (χ2n) is 7.15. The van der Waals surface area contributed by atoms with Gasteiger partial charge in [0, 0.05) is 41.9 Å². The molecular weight excluding hydrogens is 314 g/mol. The number of anilines is 1. The van der Waals surface area contributed by atoms with Gasteiger partial charge in [-0.3, -0.25) is 9.48 Å². The number of carbonyl (C=O) groups excluding carboxylic acids is 1. The Labute approximate surface area is 147 Å². The minimum atomic E-state index is -0.385. The molecule has 0 spiro atoms. The van der Waals surface area contributed by atoms with Crippen LogP contribution in [0.3, 0.4) is 0 Å². The molecule has 132 valence electrons. The number of pyridine rings is 1. The van der Waals surface area contributed by atoms with E-state index in [1.807, 2.05) is 36.7 Å². The highest BCUT2D eigenvalue weighted by Gasteiger charge is 2.25. The van der Waals surface area contributed by atoms with Crippen LogP contribution in [0.5, 0.6) is 0 Å². The Morgan fingerprint density at radius 3 is 2.72 bits per heavy atom. The van der Waals surface area contributed by atoms with Crippen molar-refractivity contribution >= 4 is 33.5 Å². The predicted octanol–water partition coefficient (Wildman–Crippen LogP) is 3.03. The number of nitrogens with two attached hydrogens (primary N) is 1. The molecule has 0 aliphatic carbocycles. The van der Waals surface area contributed by atoms with Gasteiger partial charge in [-0.1, -0.05) is 25.1 Å². The van der Waals surface area contributed by atoms with Crippen molar-refractivity contribution in [2.24, 2.45) is 0 Å². The van der Waals surface area contributed by atoms with Crippen LogP contribution in [0.4, 0.5) is 5.82 Å². The van der Waals surface area contributed by atoms with E-state index >= 15 is 0 Å². The Morgan fingerprint density at radius 1 is 1.32 bits per heavy atom. The molecule has 1 amide bonds. The van der Waals surface area contributed by atoms with E-state index in [2.05, 4.69) is 23.3 Å². The van der Waals surface area contributed by atoms with Gasteiger partial charge in [-0.15, -0.1) is 0 Å². The monoisotopic (exact) mass is 339 g/mol. The van der Waals surface area contributed by atoms with Crippen molar-refractivity contribution in [1.29, 1.82) is 0 Å². The first-order chi connectivity index (χ1) is 11.8. The van der Waals surface area contributed by atoms with Crippen molar-refractivity contribution < 1.29 is 4.79 Å². The quantitative estimate of drug-likeness (QED) is 0.748. The van der Waals surface area contributed by atoms with Gasteiger partial charge in [-0.05, 0) is 26.3 Å². The van der Waals surface area contributed by atoms with E-state index in [0.29, 0.717) is 12.2 Å². The Morgan fingerprint density at radius 2 is 2.04 bits per heavy atom. The zero-order valence-electron chi connectivity index (χ0n) is 15.3. The molecule has 0 radical (unpaired) electrons. The number of hydrogen-bond donors (Lipinski definition) is 2. The molecule has 0 unspecified atom stereocenters. The summed E-state index contributed by atoms with van der Waals surface area (Å²) < 4.78 is 2.01. The summed E-state index contributed by atoms with van der Waals surface area (Å²) in [6, 6.07) is 7.97. The van der Waals surface area contributed by atoms with E-state index < -0.39 is 0 Å². The third-order valence-electron chi connectivity index (χ3n) is 4.27. The molecule has 0 fully saturated rings. The predicted molar refractivity (Wildman–Crippen MR) is 101 cm³/mol. The van der Waals surface area contributed by atoms with Gasteiger partial charge in [-0.2, -0.15) is 5.10 Å². The van der Waals surface area contributed by atoms with Crippen molar-refractivity contribution in [2.75, 3.05) is 5.73 Å². The van der Waals surface area contributed by atoms with E-state index in [0.717, 1.165) is 40.5 Å². The number of hydrogen-bond acceptors (Lipinski definition) is 4. The number of para-hydroxylation sites is 1. The highest BCUT2D eigenvalue weighted by atomic mass is 16.1. The fraction of sp³-hybridized carbons (Fsp3) is 0.421. The third kappa shape index (κ3) is 3.29. The molecule has 3 rings (SSSR count). The van der Waals surface area contributed by atoms with Crippen molar-refractivity contribution in [3.05, 3.63) is 30.0 Å². The van der Waals surface area contributed by atoms with Gasteiger partial charge in [0.2, 0.25) is 5.91 Å². The number of nitrogens with zero attached hydrogens (tertiary/aromatic N) is 3. The lowest BCUT2D eigenvalue weighted by Gasteiger charge is -2.26. The molecule has 0 bridgehead atoms. The van der Waals surface area contributed by atoms with Crippen LogP contribution in [0, 0.1) is 0 Å². The van der Waals surface area contributed by atoms with Crippen LogP contribution in [-0.4, -0.2) is 26.2 Å². The maximum Gasteiger partial charge on any atom is 0.217 e. The number of nitrogen functional groups attached to an aromatic ring is 1. The molecule has 0 saturated carbocycles. The molecule has 2 heterocycles. The number of aromatic nitrogens is 3. The fourth-order valence-electron chi connectivity index (χ4n) is 3.44. The number of benzene rings is 1. The van der Waals surface area contributed by atoms with E-state index in [-0.39, 0.29) is 11.4 Å². The zero-order chi connectivity index (χ0) is 18.2. The van der Waals surface area contributed by atoms with Crippen LogP contribution in [0.15, 0.2) is 24.3 Å². The molecule has 0 saturated heterocycles. The van der Waals surface area contributed by atoms with Gasteiger partial charge < -0.3 is 11.1 Å². The molecule has 1 aromatic carbocycles. The van der Waals surface area contributed by atoms with Crippen LogP contribution in [0.25, 0.3) is 21.8 Å². The van der Waals surface area contributed by atoms with Gasteiger partial charge in [0.25, 0.3) is 0 Å². The van der Waals surface area contributed by atoms with Crippen molar-refractivity contribution in [3.63, 3.8) is 0 Å². The first-order valence-corrected chi connectivity index (χ1v) is 8.65. The second kappa shape index (κ2) is 6.35. The molecule has 3 aromatic rings. The maximum atomic E-state index is 11.6. The van der Waals surface area contributed by atoms with Crippen molar-refractivity contribution in [1.82, 2.24) is 20.1 Å². The van der Waals surface area contributed by atoms with Crippen molar-refractivity contribution in [2.45, 2.75) is 52.6 Å². The van der Waals surface area contributed by atoms with E-state index in [9.17, 15) is 4.79 Å². The molecular formula is C19H25N5O.